The number of carboxylic acids is 1. The van der Waals surface area contributed by atoms with Crippen LogP contribution >= 0.6 is 0 Å². The number of hydrogen-bond acceptors (Lipinski definition) is 4. The molecule has 0 amide bonds. The number of carboxylic acid groups (broad SMARTS) is 1. The minimum absolute atomic E-state index is 0.0396. The smallest absolute Gasteiger partial charge is 0.337 e. The van der Waals surface area contributed by atoms with Gasteiger partial charge in [0.15, 0.2) is 0 Å². The first-order valence-electron chi connectivity index (χ1n) is 6.95. The molecule has 6 nitrogen and oxygen atoms in total. The van der Waals surface area contributed by atoms with Crippen molar-refractivity contribution in [3.05, 3.63) is 23.8 Å². The van der Waals surface area contributed by atoms with E-state index in [4.69, 9.17) is 0 Å². The summed E-state index contributed by atoms with van der Waals surface area (Å²) in [5.41, 5.74) is 0.377. The van der Waals surface area contributed by atoms with Crippen molar-refractivity contribution < 1.29 is 18.3 Å². The van der Waals surface area contributed by atoms with Crippen LogP contribution in [0.2, 0.25) is 0 Å². The third-order valence-electron chi connectivity index (χ3n) is 3.07. The Morgan fingerprint density at radius 2 is 2.00 bits per heavy atom. The summed E-state index contributed by atoms with van der Waals surface area (Å²) >= 11 is 0. The third-order valence-corrected chi connectivity index (χ3v) is 4.65. The average molecular weight is 314 g/mol. The lowest BCUT2D eigenvalue weighted by Gasteiger charge is -2.14. The average Bonchev–Trinajstić information content (AvgIpc) is 2.44. The van der Waals surface area contributed by atoms with E-state index >= 15 is 0 Å². The minimum atomic E-state index is -3.71. The highest BCUT2D eigenvalue weighted by Crippen LogP contribution is 2.21. The van der Waals surface area contributed by atoms with E-state index < -0.39 is 16.0 Å². The highest BCUT2D eigenvalue weighted by Gasteiger charge is 2.20. The summed E-state index contributed by atoms with van der Waals surface area (Å²) in [6.07, 6.45) is 1.50. The minimum Gasteiger partial charge on any atom is -0.478 e. The zero-order chi connectivity index (χ0) is 16.0. The molecule has 0 fully saturated rings. The molecule has 7 heteroatoms. The molecule has 0 spiro atoms. The highest BCUT2D eigenvalue weighted by molar-refractivity contribution is 7.89. The van der Waals surface area contributed by atoms with Gasteiger partial charge in [-0.1, -0.05) is 13.8 Å². The van der Waals surface area contributed by atoms with Crippen LogP contribution in [0.5, 0.6) is 0 Å². The van der Waals surface area contributed by atoms with Crippen molar-refractivity contribution in [1.82, 2.24) is 4.72 Å². The van der Waals surface area contributed by atoms with Crippen LogP contribution in [0.15, 0.2) is 23.1 Å². The molecule has 0 saturated carbocycles. The molecule has 1 rings (SSSR count). The number of benzene rings is 1. The van der Waals surface area contributed by atoms with Crippen LogP contribution in [0.4, 0.5) is 5.69 Å². The number of sulfonamides is 1. The van der Waals surface area contributed by atoms with Crippen molar-refractivity contribution in [3.63, 3.8) is 0 Å². The second kappa shape index (κ2) is 7.42. The molecule has 118 valence electrons. The molecule has 21 heavy (non-hydrogen) atoms. The van der Waals surface area contributed by atoms with Crippen molar-refractivity contribution in [3.8, 4) is 0 Å². The van der Waals surface area contributed by atoms with E-state index in [1.807, 2.05) is 13.8 Å². The molecule has 1 atom stereocenters. The number of rotatable bonds is 8. The quantitative estimate of drug-likeness (QED) is 0.684. The lowest BCUT2D eigenvalue weighted by molar-refractivity contribution is 0.0697. The van der Waals surface area contributed by atoms with Crippen LogP contribution in [-0.2, 0) is 10.0 Å². The van der Waals surface area contributed by atoms with Crippen molar-refractivity contribution in [2.24, 2.45) is 0 Å². The molecule has 0 unspecified atom stereocenters. The van der Waals surface area contributed by atoms with E-state index in [1.54, 1.807) is 6.92 Å². The first-order valence-corrected chi connectivity index (χ1v) is 8.43. The monoisotopic (exact) mass is 314 g/mol. The summed E-state index contributed by atoms with van der Waals surface area (Å²) in [4.78, 5) is 11.2. The maximum absolute atomic E-state index is 12.2. The Bertz CT molecular complexity index is 599. The Balaban J connectivity index is 3.16. The van der Waals surface area contributed by atoms with E-state index in [1.165, 1.54) is 18.2 Å². The summed E-state index contributed by atoms with van der Waals surface area (Å²) in [5, 5.41) is 12.2. The molecular formula is C14H22N2O4S. The molecule has 0 radical (unpaired) electrons. The number of nitrogens with one attached hydrogen (secondary N) is 2. The molecule has 3 N–H and O–H groups in total. The standard InChI is InChI=1S/C14H22N2O4S/c1-4-8-15-13-7-6-11(9-12(13)14(17)18)21(19,20)16-10(3)5-2/h6-7,9-10,15-16H,4-5,8H2,1-3H3,(H,17,18)/t10-/m1/s1. The zero-order valence-corrected chi connectivity index (χ0v) is 13.3. The molecule has 0 heterocycles. The molecule has 0 aliphatic rings. The summed E-state index contributed by atoms with van der Waals surface area (Å²) in [6, 6.07) is 3.88. The van der Waals surface area contributed by atoms with Gasteiger partial charge in [-0.05, 0) is 38.0 Å². The van der Waals surface area contributed by atoms with E-state index in [-0.39, 0.29) is 16.5 Å². The maximum Gasteiger partial charge on any atom is 0.337 e. The van der Waals surface area contributed by atoms with Gasteiger partial charge in [0.05, 0.1) is 10.5 Å². The molecule has 0 aromatic heterocycles. The van der Waals surface area contributed by atoms with Gasteiger partial charge in [0, 0.05) is 18.3 Å². The van der Waals surface area contributed by atoms with Crippen LogP contribution < -0.4 is 10.0 Å². The number of hydrogen-bond donors (Lipinski definition) is 3. The molecule has 0 aliphatic carbocycles. The van der Waals surface area contributed by atoms with E-state index in [0.717, 1.165) is 6.42 Å². The lowest BCUT2D eigenvalue weighted by atomic mass is 10.2. The van der Waals surface area contributed by atoms with Crippen LogP contribution in [0.1, 0.15) is 44.0 Å². The molecule has 1 aromatic carbocycles. The largest absolute Gasteiger partial charge is 0.478 e. The fourth-order valence-electron chi connectivity index (χ4n) is 1.70. The normalized spacial score (nSPS) is 12.9. The van der Waals surface area contributed by atoms with E-state index in [9.17, 15) is 18.3 Å². The first-order chi connectivity index (χ1) is 9.81. The Kier molecular flexibility index (Phi) is 6.17. The van der Waals surface area contributed by atoms with Crippen LogP contribution in [-0.4, -0.2) is 32.1 Å². The van der Waals surface area contributed by atoms with Gasteiger partial charge in [0.25, 0.3) is 0 Å². The molecular weight excluding hydrogens is 292 g/mol. The number of aromatic carboxylic acids is 1. The van der Waals surface area contributed by atoms with Gasteiger partial charge in [-0.2, -0.15) is 0 Å². The summed E-state index contributed by atoms with van der Waals surface area (Å²) in [7, 11) is -3.71. The molecule has 0 bridgehead atoms. The van der Waals surface area contributed by atoms with Gasteiger partial charge in [-0.25, -0.2) is 17.9 Å². The predicted octanol–water partition coefficient (Wildman–Crippen LogP) is 2.28. The third kappa shape index (κ3) is 4.71. The van der Waals surface area contributed by atoms with Gasteiger partial charge in [0.1, 0.15) is 0 Å². The van der Waals surface area contributed by atoms with Gasteiger partial charge in [0.2, 0.25) is 10.0 Å². The van der Waals surface area contributed by atoms with Crippen LogP contribution in [0, 0.1) is 0 Å². The van der Waals surface area contributed by atoms with E-state index in [0.29, 0.717) is 18.7 Å². The highest BCUT2D eigenvalue weighted by atomic mass is 32.2. The topological polar surface area (TPSA) is 95.5 Å². The molecule has 0 saturated heterocycles. The summed E-state index contributed by atoms with van der Waals surface area (Å²) < 4.78 is 26.9. The van der Waals surface area contributed by atoms with Crippen LogP contribution in [0.25, 0.3) is 0 Å². The Labute approximate surface area is 125 Å². The Morgan fingerprint density at radius 1 is 1.33 bits per heavy atom. The summed E-state index contributed by atoms with van der Waals surface area (Å²) in [6.45, 7) is 6.21. The van der Waals surface area contributed by atoms with Crippen molar-refractivity contribution >= 4 is 21.7 Å². The maximum atomic E-state index is 12.2. The first kappa shape index (κ1) is 17.5. The fourth-order valence-corrected chi connectivity index (χ4v) is 3.05. The van der Waals surface area contributed by atoms with Gasteiger partial charge in [-0.3, -0.25) is 0 Å². The summed E-state index contributed by atoms with van der Waals surface area (Å²) in [5.74, 6) is -1.16. The van der Waals surface area contributed by atoms with Crippen molar-refractivity contribution in [1.29, 1.82) is 0 Å². The Morgan fingerprint density at radius 3 is 2.52 bits per heavy atom. The number of anilines is 1. The van der Waals surface area contributed by atoms with Crippen molar-refractivity contribution in [2.75, 3.05) is 11.9 Å². The van der Waals surface area contributed by atoms with Gasteiger partial charge in [-0.15, -0.1) is 0 Å². The fraction of sp³-hybridized carbons (Fsp3) is 0.500. The van der Waals surface area contributed by atoms with Gasteiger partial charge < -0.3 is 10.4 Å². The number of carbonyl (C=O) groups is 1. The van der Waals surface area contributed by atoms with Gasteiger partial charge >= 0.3 is 5.97 Å². The Hall–Kier alpha value is -1.60. The molecule has 1 aromatic rings. The zero-order valence-electron chi connectivity index (χ0n) is 12.5. The second-order valence-corrected chi connectivity index (χ2v) is 6.58. The van der Waals surface area contributed by atoms with Crippen molar-refractivity contribution in [2.45, 2.75) is 44.6 Å². The molecule has 0 aliphatic heterocycles. The predicted molar refractivity (Wildman–Crippen MR) is 82.3 cm³/mol. The lowest BCUT2D eigenvalue weighted by Crippen LogP contribution is -2.32. The second-order valence-electron chi connectivity index (χ2n) is 4.87. The SMILES string of the molecule is CCCNc1ccc(S(=O)(=O)N[C@H](C)CC)cc1C(=O)O. The van der Waals surface area contributed by atoms with E-state index in [2.05, 4.69) is 10.0 Å². The van der Waals surface area contributed by atoms with Crippen LogP contribution in [0.3, 0.4) is 0 Å².